The second-order valence-corrected chi connectivity index (χ2v) is 5.89. The first-order chi connectivity index (χ1) is 11.8. The topological polar surface area (TPSA) is 43.1 Å². The summed E-state index contributed by atoms with van der Waals surface area (Å²) in [5.74, 6) is 0. The monoisotopic (exact) mass is 310 g/mol. The second kappa shape index (κ2) is 4.86. The third kappa shape index (κ3) is 1.77. The number of fused-ring (bicyclic) bond motifs is 6. The number of aryl methyl sites for hydroxylation is 1. The van der Waals surface area contributed by atoms with Crippen molar-refractivity contribution in [2.24, 2.45) is 0 Å². The number of pyridine rings is 3. The highest BCUT2D eigenvalue weighted by Crippen LogP contribution is 2.31. The van der Waals surface area contributed by atoms with E-state index in [0.29, 0.717) is 0 Å². The minimum Gasteiger partial charge on any atom is -0.276 e. The van der Waals surface area contributed by atoms with E-state index < -0.39 is 0 Å². The summed E-state index contributed by atoms with van der Waals surface area (Å²) in [5, 5.41) is 2.09. The van der Waals surface area contributed by atoms with Gasteiger partial charge in [0.25, 0.3) is 0 Å². The van der Waals surface area contributed by atoms with Crippen LogP contribution in [0.2, 0.25) is 0 Å². The lowest BCUT2D eigenvalue weighted by molar-refractivity contribution is 1.19. The molecule has 0 N–H and O–H groups in total. The Balaban J connectivity index is 2.04. The van der Waals surface area contributed by atoms with Crippen LogP contribution in [0.1, 0.15) is 5.69 Å². The fraction of sp³-hybridized carbons (Fsp3) is 0.0500. The number of nitrogens with zero attached hydrogens (tertiary/aromatic N) is 4. The van der Waals surface area contributed by atoms with Crippen LogP contribution in [-0.2, 0) is 0 Å². The fourth-order valence-electron chi connectivity index (χ4n) is 3.27. The molecule has 4 heterocycles. The highest BCUT2D eigenvalue weighted by molar-refractivity contribution is 6.09. The highest BCUT2D eigenvalue weighted by Gasteiger charge is 2.15. The minimum atomic E-state index is 0.884. The third-order valence-corrected chi connectivity index (χ3v) is 4.36. The maximum absolute atomic E-state index is 4.74. The molecular weight excluding hydrogens is 296 g/mol. The van der Waals surface area contributed by atoms with Crippen molar-refractivity contribution in [3.05, 3.63) is 72.7 Å². The smallest absolute Gasteiger partial charge is 0.148 e. The van der Waals surface area contributed by atoms with Crippen molar-refractivity contribution in [2.45, 2.75) is 6.92 Å². The molecule has 0 saturated carbocycles. The summed E-state index contributed by atoms with van der Waals surface area (Å²) < 4.78 is 2.13. The van der Waals surface area contributed by atoms with Gasteiger partial charge in [0.1, 0.15) is 11.3 Å². The van der Waals surface area contributed by atoms with E-state index in [0.717, 1.165) is 44.5 Å². The van der Waals surface area contributed by atoms with Crippen molar-refractivity contribution in [3.8, 4) is 11.3 Å². The fourth-order valence-corrected chi connectivity index (χ4v) is 3.27. The van der Waals surface area contributed by atoms with Crippen molar-refractivity contribution < 1.29 is 0 Å². The van der Waals surface area contributed by atoms with Gasteiger partial charge >= 0.3 is 0 Å². The Hall–Kier alpha value is -3.27. The van der Waals surface area contributed by atoms with Crippen LogP contribution in [0.15, 0.2) is 67.0 Å². The summed E-state index contributed by atoms with van der Waals surface area (Å²) in [6.45, 7) is 2.01. The first kappa shape index (κ1) is 13.2. The van der Waals surface area contributed by atoms with Crippen molar-refractivity contribution in [2.75, 3.05) is 0 Å². The highest BCUT2D eigenvalue weighted by atomic mass is 15.1. The van der Waals surface area contributed by atoms with Crippen molar-refractivity contribution in [3.63, 3.8) is 0 Å². The Morgan fingerprint density at radius 3 is 2.46 bits per heavy atom. The normalized spacial score (nSPS) is 11.5. The lowest BCUT2D eigenvalue weighted by Crippen LogP contribution is -1.97. The van der Waals surface area contributed by atoms with E-state index in [4.69, 9.17) is 4.98 Å². The van der Waals surface area contributed by atoms with Gasteiger partial charge in [-0.15, -0.1) is 0 Å². The minimum absolute atomic E-state index is 0.884. The molecule has 0 aliphatic heterocycles. The molecule has 0 radical (unpaired) electrons. The van der Waals surface area contributed by atoms with Crippen LogP contribution < -0.4 is 0 Å². The number of benzene rings is 1. The summed E-state index contributed by atoms with van der Waals surface area (Å²) in [7, 11) is 0. The maximum Gasteiger partial charge on any atom is 0.148 e. The Morgan fingerprint density at radius 1 is 0.792 bits per heavy atom. The van der Waals surface area contributed by atoms with E-state index in [9.17, 15) is 0 Å². The number of hydrogen-bond acceptors (Lipinski definition) is 3. The average Bonchev–Trinajstić information content (AvgIpc) is 3.08. The van der Waals surface area contributed by atoms with Gasteiger partial charge in [-0.2, -0.15) is 0 Å². The average molecular weight is 310 g/mol. The molecule has 4 nitrogen and oxygen atoms in total. The molecule has 24 heavy (non-hydrogen) atoms. The molecule has 0 fully saturated rings. The van der Waals surface area contributed by atoms with E-state index in [2.05, 4.69) is 38.6 Å². The molecule has 5 rings (SSSR count). The van der Waals surface area contributed by atoms with Crippen molar-refractivity contribution in [1.82, 2.24) is 19.4 Å². The van der Waals surface area contributed by atoms with Gasteiger partial charge in [-0.05, 0) is 31.2 Å². The van der Waals surface area contributed by atoms with Gasteiger partial charge in [-0.25, -0.2) is 9.97 Å². The lowest BCUT2D eigenvalue weighted by atomic mass is 10.1. The van der Waals surface area contributed by atoms with Crippen LogP contribution in [0.3, 0.4) is 0 Å². The van der Waals surface area contributed by atoms with Gasteiger partial charge in [-0.1, -0.05) is 30.3 Å². The molecule has 114 valence electrons. The molecule has 0 aliphatic carbocycles. The molecule has 1 aromatic carbocycles. The van der Waals surface area contributed by atoms with E-state index in [1.54, 1.807) is 0 Å². The molecule has 0 amide bonds. The molecule has 4 aromatic heterocycles. The summed E-state index contributed by atoms with van der Waals surface area (Å²) in [5.41, 5.74) is 5.88. The molecule has 0 bridgehead atoms. The summed E-state index contributed by atoms with van der Waals surface area (Å²) in [6.07, 6.45) is 3.73. The van der Waals surface area contributed by atoms with Crippen LogP contribution in [0.4, 0.5) is 0 Å². The molecule has 0 atom stereocenters. The predicted octanol–water partition coefficient (Wildman–Crippen LogP) is 4.41. The van der Waals surface area contributed by atoms with E-state index in [-0.39, 0.29) is 0 Å². The van der Waals surface area contributed by atoms with Crippen molar-refractivity contribution in [1.29, 1.82) is 0 Å². The second-order valence-electron chi connectivity index (χ2n) is 5.89. The largest absolute Gasteiger partial charge is 0.276 e. The Kier molecular flexibility index (Phi) is 2.67. The Labute approximate surface area is 138 Å². The molecule has 5 aromatic rings. The quantitative estimate of drug-likeness (QED) is 0.431. The summed E-state index contributed by atoms with van der Waals surface area (Å²) in [4.78, 5) is 14.1. The standard InChI is InChI=1S/C20H14N4/c1-13-9-10-16-18(23-13)15-8-5-11-21-19(15)24-17(12-22-20(16)24)14-6-3-2-4-7-14/h2-12H,1H3. The van der Waals surface area contributed by atoms with Crippen LogP contribution in [0.5, 0.6) is 0 Å². The van der Waals surface area contributed by atoms with Gasteiger partial charge in [0.2, 0.25) is 0 Å². The molecule has 0 aliphatic rings. The zero-order valence-electron chi connectivity index (χ0n) is 13.1. The first-order valence-electron chi connectivity index (χ1n) is 7.90. The summed E-state index contributed by atoms with van der Waals surface area (Å²) >= 11 is 0. The van der Waals surface area contributed by atoms with E-state index in [1.165, 1.54) is 0 Å². The molecule has 0 spiro atoms. The molecule has 0 saturated heterocycles. The van der Waals surface area contributed by atoms with E-state index >= 15 is 0 Å². The van der Waals surface area contributed by atoms with E-state index in [1.807, 2.05) is 49.6 Å². The number of imidazole rings is 1. The van der Waals surface area contributed by atoms with Gasteiger partial charge in [0.15, 0.2) is 0 Å². The van der Waals surface area contributed by atoms with Crippen LogP contribution in [-0.4, -0.2) is 19.4 Å². The van der Waals surface area contributed by atoms with Gasteiger partial charge in [-0.3, -0.25) is 9.38 Å². The number of hydrogen-bond donors (Lipinski definition) is 0. The van der Waals surface area contributed by atoms with Crippen molar-refractivity contribution >= 4 is 27.6 Å². The van der Waals surface area contributed by atoms with Crippen LogP contribution >= 0.6 is 0 Å². The molecular formula is C20H14N4. The Bertz CT molecular complexity index is 1210. The predicted molar refractivity (Wildman–Crippen MR) is 96.0 cm³/mol. The first-order valence-corrected chi connectivity index (χ1v) is 7.90. The van der Waals surface area contributed by atoms with Gasteiger partial charge in [0, 0.05) is 28.2 Å². The maximum atomic E-state index is 4.74. The summed E-state index contributed by atoms with van der Waals surface area (Å²) in [6, 6.07) is 18.4. The zero-order chi connectivity index (χ0) is 16.1. The van der Waals surface area contributed by atoms with Gasteiger partial charge in [0.05, 0.1) is 17.4 Å². The van der Waals surface area contributed by atoms with Crippen LogP contribution in [0, 0.1) is 6.92 Å². The Morgan fingerprint density at radius 2 is 1.58 bits per heavy atom. The van der Waals surface area contributed by atoms with Crippen LogP contribution in [0.25, 0.3) is 38.8 Å². The lowest BCUT2D eigenvalue weighted by Gasteiger charge is -2.09. The molecule has 0 unspecified atom stereocenters. The third-order valence-electron chi connectivity index (χ3n) is 4.36. The molecule has 4 heteroatoms. The number of aromatic nitrogens is 4. The number of rotatable bonds is 1. The zero-order valence-corrected chi connectivity index (χ0v) is 13.1. The SMILES string of the molecule is Cc1ccc2c(n1)c1cccnc1n1c(-c3ccccc3)cnc21. The van der Waals surface area contributed by atoms with Gasteiger partial charge < -0.3 is 0 Å².